The summed E-state index contributed by atoms with van der Waals surface area (Å²) in [6, 6.07) is 0. The Balaban J connectivity index is 4.28. The average Bonchev–Trinajstić information content (AvgIpc) is 3.41. The summed E-state index contributed by atoms with van der Waals surface area (Å²) in [6.45, 7) is 6.67. The van der Waals surface area contributed by atoms with Crippen LogP contribution in [-0.4, -0.2) is 37.2 Å². The molecule has 440 valence electrons. The van der Waals surface area contributed by atoms with Gasteiger partial charge in [0, 0.05) is 19.3 Å². The summed E-state index contributed by atoms with van der Waals surface area (Å²) in [5.41, 5.74) is 0. The van der Waals surface area contributed by atoms with Crippen LogP contribution in [0.5, 0.6) is 0 Å². The van der Waals surface area contributed by atoms with Crippen molar-refractivity contribution in [3.8, 4) is 0 Å². The summed E-state index contributed by atoms with van der Waals surface area (Å²) < 4.78 is 17.0. The molecule has 0 amide bonds. The molecule has 0 fully saturated rings. The molecule has 0 aliphatic heterocycles. The minimum Gasteiger partial charge on any atom is -0.462 e. The fourth-order valence-corrected chi connectivity index (χ4v) is 10.1. The van der Waals surface area contributed by atoms with Crippen molar-refractivity contribution in [1.29, 1.82) is 0 Å². The van der Waals surface area contributed by atoms with Crippen molar-refractivity contribution in [2.75, 3.05) is 13.2 Å². The molecular weight excluding hydrogens is 925 g/mol. The van der Waals surface area contributed by atoms with Crippen LogP contribution in [0.1, 0.15) is 367 Å². The Morgan fingerprint density at radius 3 is 0.760 bits per heavy atom. The average molecular weight is 1050 g/mol. The third-order valence-electron chi connectivity index (χ3n) is 15.1. The van der Waals surface area contributed by atoms with Crippen LogP contribution in [0.2, 0.25) is 0 Å². The van der Waals surface area contributed by atoms with Crippen LogP contribution in [0.25, 0.3) is 0 Å². The van der Waals surface area contributed by atoms with E-state index in [1.165, 1.54) is 250 Å². The third-order valence-corrected chi connectivity index (χ3v) is 15.1. The van der Waals surface area contributed by atoms with Gasteiger partial charge >= 0.3 is 17.9 Å². The number of rotatable bonds is 62. The molecule has 0 bridgehead atoms. The van der Waals surface area contributed by atoms with Gasteiger partial charge < -0.3 is 14.2 Å². The minimum absolute atomic E-state index is 0.0737. The minimum atomic E-state index is -0.778. The number of carbonyl (C=O) groups is 3. The van der Waals surface area contributed by atoms with E-state index in [0.717, 1.165) is 77.0 Å². The summed E-state index contributed by atoms with van der Waals surface area (Å²) in [4.78, 5) is 38.4. The number of hydrogen-bond donors (Lipinski definition) is 0. The highest BCUT2D eigenvalue weighted by molar-refractivity contribution is 5.71. The lowest BCUT2D eigenvalue weighted by Crippen LogP contribution is -2.30. The highest BCUT2D eigenvalue weighted by Gasteiger charge is 2.19. The molecule has 0 aliphatic rings. The molecule has 0 heterocycles. The van der Waals surface area contributed by atoms with Gasteiger partial charge in [-0.3, -0.25) is 14.4 Å². The number of allylic oxidation sites excluding steroid dienone is 6. The Labute approximate surface area is 467 Å². The SMILES string of the molecule is CCCCCC/C=C\C/C=C\CCCCCCCCCC(=O)OC(COC(=O)CCCCCCC/C=C\CCCCCCCC)COC(=O)CCCCCCCCCCCCCCCCCCCCCCCCCC. The smallest absolute Gasteiger partial charge is 0.306 e. The van der Waals surface area contributed by atoms with Crippen molar-refractivity contribution in [2.24, 2.45) is 0 Å². The van der Waals surface area contributed by atoms with Crippen molar-refractivity contribution in [1.82, 2.24) is 0 Å². The lowest BCUT2D eigenvalue weighted by Gasteiger charge is -2.18. The Hall–Kier alpha value is -2.37. The molecule has 0 spiro atoms. The lowest BCUT2D eigenvalue weighted by molar-refractivity contribution is -0.167. The molecule has 0 saturated carbocycles. The molecule has 0 aromatic rings. The maximum absolute atomic E-state index is 12.9. The second-order valence-corrected chi connectivity index (χ2v) is 22.7. The standard InChI is InChI=1S/C69H128O6/c1-4-7-10-13-16-19-22-25-28-30-32-33-34-35-36-37-39-41-44-47-50-53-56-59-62-68(71)74-65-66(64-73-67(70)61-58-55-52-49-46-43-40-27-24-21-18-15-12-9-6-3)75-69(72)63-60-57-54-51-48-45-42-38-31-29-26-23-20-17-14-11-8-5-2/h20,23,27,29,31,40,66H,4-19,21-22,24-26,28,30,32-39,41-65H2,1-3H3/b23-20-,31-29-,40-27-. The molecule has 75 heavy (non-hydrogen) atoms. The van der Waals surface area contributed by atoms with Crippen LogP contribution in [0, 0.1) is 0 Å². The molecule has 0 aromatic carbocycles. The molecule has 6 heteroatoms. The summed E-state index contributed by atoms with van der Waals surface area (Å²) in [6.07, 6.45) is 78.7. The molecule has 1 unspecified atom stereocenters. The van der Waals surface area contributed by atoms with E-state index in [1.54, 1.807) is 0 Å². The highest BCUT2D eigenvalue weighted by Crippen LogP contribution is 2.18. The molecule has 0 saturated heterocycles. The third kappa shape index (κ3) is 62.4. The molecule has 0 radical (unpaired) electrons. The summed E-state index contributed by atoms with van der Waals surface area (Å²) in [7, 11) is 0. The van der Waals surface area contributed by atoms with Crippen LogP contribution < -0.4 is 0 Å². The van der Waals surface area contributed by atoms with Gasteiger partial charge in [0.1, 0.15) is 13.2 Å². The Kier molecular flexibility index (Phi) is 62.1. The molecule has 0 rings (SSSR count). The zero-order valence-corrected chi connectivity index (χ0v) is 50.6. The van der Waals surface area contributed by atoms with Gasteiger partial charge in [0.2, 0.25) is 0 Å². The van der Waals surface area contributed by atoms with E-state index < -0.39 is 6.10 Å². The van der Waals surface area contributed by atoms with Crippen LogP contribution in [-0.2, 0) is 28.6 Å². The Morgan fingerprint density at radius 2 is 0.480 bits per heavy atom. The second-order valence-electron chi connectivity index (χ2n) is 22.7. The van der Waals surface area contributed by atoms with Crippen molar-refractivity contribution < 1.29 is 28.6 Å². The molecule has 1 atom stereocenters. The Bertz CT molecular complexity index is 1250. The maximum Gasteiger partial charge on any atom is 0.306 e. The van der Waals surface area contributed by atoms with Crippen LogP contribution in [0.4, 0.5) is 0 Å². The van der Waals surface area contributed by atoms with E-state index >= 15 is 0 Å². The largest absolute Gasteiger partial charge is 0.462 e. The highest BCUT2D eigenvalue weighted by atomic mass is 16.6. The van der Waals surface area contributed by atoms with Gasteiger partial charge in [-0.15, -0.1) is 0 Å². The number of carbonyl (C=O) groups excluding carboxylic acids is 3. The molecule has 0 aromatic heterocycles. The van der Waals surface area contributed by atoms with E-state index in [9.17, 15) is 14.4 Å². The molecule has 6 nitrogen and oxygen atoms in total. The van der Waals surface area contributed by atoms with E-state index in [-0.39, 0.29) is 31.1 Å². The fourth-order valence-electron chi connectivity index (χ4n) is 10.1. The topological polar surface area (TPSA) is 78.9 Å². The number of ether oxygens (including phenoxy) is 3. The first-order valence-corrected chi connectivity index (χ1v) is 33.5. The predicted octanol–water partition coefficient (Wildman–Crippen LogP) is 22.8. The summed E-state index contributed by atoms with van der Waals surface area (Å²) in [5, 5.41) is 0. The van der Waals surface area contributed by atoms with Gasteiger partial charge in [0.25, 0.3) is 0 Å². The van der Waals surface area contributed by atoms with Crippen molar-refractivity contribution >= 4 is 17.9 Å². The van der Waals surface area contributed by atoms with Gasteiger partial charge in [-0.2, -0.15) is 0 Å². The van der Waals surface area contributed by atoms with E-state index in [1.807, 2.05) is 0 Å². The van der Waals surface area contributed by atoms with Gasteiger partial charge in [-0.05, 0) is 77.0 Å². The van der Waals surface area contributed by atoms with Crippen molar-refractivity contribution in [3.63, 3.8) is 0 Å². The quantitative estimate of drug-likeness (QED) is 0.0261. The fraction of sp³-hybridized carbons (Fsp3) is 0.870. The van der Waals surface area contributed by atoms with E-state index in [4.69, 9.17) is 14.2 Å². The van der Waals surface area contributed by atoms with Gasteiger partial charge in [0.05, 0.1) is 0 Å². The lowest BCUT2D eigenvalue weighted by atomic mass is 10.0. The summed E-state index contributed by atoms with van der Waals surface area (Å²) >= 11 is 0. The first kappa shape index (κ1) is 72.6. The van der Waals surface area contributed by atoms with Gasteiger partial charge in [0.15, 0.2) is 6.10 Å². The number of esters is 3. The van der Waals surface area contributed by atoms with E-state index in [2.05, 4.69) is 57.2 Å². The number of hydrogen-bond acceptors (Lipinski definition) is 6. The first-order chi connectivity index (χ1) is 37.0. The number of unbranched alkanes of at least 4 members (excludes halogenated alkanes) is 45. The zero-order chi connectivity index (χ0) is 54.3. The van der Waals surface area contributed by atoms with E-state index in [0.29, 0.717) is 19.3 Å². The predicted molar refractivity (Wildman–Crippen MR) is 326 cm³/mol. The monoisotopic (exact) mass is 1050 g/mol. The molecule has 0 N–H and O–H groups in total. The molecule has 0 aliphatic carbocycles. The Morgan fingerprint density at radius 1 is 0.267 bits per heavy atom. The van der Waals surface area contributed by atoms with Crippen molar-refractivity contribution in [3.05, 3.63) is 36.5 Å². The van der Waals surface area contributed by atoms with Gasteiger partial charge in [-0.25, -0.2) is 0 Å². The van der Waals surface area contributed by atoms with Crippen LogP contribution in [0.15, 0.2) is 36.5 Å². The second kappa shape index (κ2) is 64.2. The maximum atomic E-state index is 12.9. The first-order valence-electron chi connectivity index (χ1n) is 33.5. The normalized spacial score (nSPS) is 12.2. The van der Waals surface area contributed by atoms with Crippen LogP contribution >= 0.6 is 0 Å². The summed E-state index contributed by atoms with van der Waals surface area (Å²) in [5.74, 6) is -0.865. The zero-order valence-electron chi connectivity index (χ0n) is 50.6. The van der Waals surface area contributed by atoms with Crippen LogP contribution in [0.3, 0.4) is 0 Å². The molecular formula is C69H128O6. The van der Waals surface area contributed by atoms with Crippen molar-refractivity contribution in [2.45, 2.75) is 374 Å². The van der Waals surface area contributed by atoms with Gasteiger partial charge in [-0.1, -0.05) is 308 Å².